The normalized spacial score (nSPS) is 20.8. The first-order chi connectivity index (χ1) is 12.8. The molecule has 0 aliphatic carbocycles. The van der Waals surface area contributed by atoms with Crippen LogP contribution in [0.1, 0.15) is 43.7 Å². The maximum absolute atomic E-state index is 12.9. The summed E-state index contributed by atoms with van der Waals surface area (Å²) in [6.45, 7) is 6.18. The summed E-state index contributed by atoms with van der Waals surface area (Å²) in [4.78, 5) is 15.8. The third-order valence-electron chi connectivity index (χ3n) is 5.74. The molecule has 150 valence electrons. The number of nitrogens with zero attached hydrogens (tertiary/aromatic N) is 2. The Balaban J connectivity index is 1.73. The molecule has 7 heteroatoms. The Hall–Kier alpha value is -1.60. The van der Waals surface area contributed by atoms with Crippen LogP contribution in [0.3, 0.4) is 0 Å². The molecule has 1 amide bonds. The highest BCUT2D eigenvalue weighted by atomic mass is 19.4. The van der Waals surface area contributed by atoms with Gasteiger partial charge in [0, 0.05) is 26.6 Å². The van der Waals surface area contributed by atoms with Gasteiger partial charge >= 0.3 is 6.18 Å². The van der Waals surface area contributed by atoms with Gasteiger partial charge in [-0.15, -0.1) is 0 Å². The molecule has 1 aromatic rings. The van der Waals surface area contributed by atoms with Gasteiger partial charge in [0.05, 0.1) is 17.8 Å². The number of hydrogen-bond acceptors (Lipinski definition) is 3. The first-order valence-electron chi connectivity index (χ1n) is 9.60. The number of halogens is 3. The van der Waals surface area contributed by atoms with E-state index in [-0.39, 0.29) is 5.91 Å². The molecule has 4 nitrogen and oxygen atoms in total. The topological polar surface area (TPSA) is 32.8 Å². The van der Waals surface area contributed by atoms with Crippen LogP contribution >= 0.6 is 0 Å². The third-order valence-corrected chi connectivity index (χ3v) is 5.74. The Labute approximate surface area is 158 Å². The number of benzene rings is 1. The van der Waals surface area contributed by atoms with Gasteiger partial charge in [-0.1, -0.05) is 12.1 Å². The minimum Gasteiger partial charge on any atom is -0.369 e. The van der Waals surface area contributed by atoms with Gasteiger partial charge in [-0.2, -0.15) is 13.2 Å². The molecule has 2 saturated heterocycles. The Kier molecular flexibility index (Phi) is 6.11. The minimum atomic E-state index is -4.35. The van der Waals surface area contributed by atoms with E-state index in [1.54, 1.807) is 11.8 Å². The van der Waals surface area contributed by atoms with E-state index in [0.29, 0.717) is 32.5 Å². The van der Waals surface area contributed by atoms with Crippen LogP contribution < -0.4 is 0 Å². The zero-order valence-electron chi connectivity index (χ0n) is 15.7. The quantitative estimate of drug-likeness (QED) is 0.777. The summed E-state index contributed by atoms with van der Waals surface area (Å²) in [6.07, 6.45) is -0.745. The number of carbonyl (C=O) groups excluding carboxylic acids is 1. The van der Waals surface area contributed by atoms with Gasteiger partial charge in [0.1, 0.15) is 0 Å². The maximum Gasteiger partial charge on any atom is 0.416 e. The number of carbonyl (C=O) groups is 1. The Bertz CT molecular complexity index is 632. The monoisotopic (exact) mass is 384 g/mol. The summed E-state index contributed by atoms with van der Waals surface area (Å²) >= 11 is 0. The predicted molar refractivity (Wildman–Crippen MR) is 96.2 cm³/mol. The van der Waals surface area contributed by atoms with Crippen molar-refractivity contribution in [2.24, 2.45) is 0 Å². The van der Waals surface area contributed by atoms with Crippen LogP contribution in [0.4, 0.5) is 13.2 Å². The van der Waals surface area contributed by atoms with Gasteiger partial charge < -0.3 is 14.5 Å². The van der Waals surface area contributed by atoms with Crippen LogP contribution in [0.5, 0.6) is 0 Å². The molecule has 27 heavy (non-hydrogen) atoms. The van der Waals surface area contributed by atoms with Gasteiger partial charge in [0.2, 0.25) is 5.91 Å². The zero-order valence-corrected chi connectivity index (χ0v) is 15.7. The number of piperidine rings is 1. The van der Waals surface area contributed by atoms with Gasteiger partial charge in [-0.05, 0) is 56.5 Å². The van der Waals surface area contributed by atoms with Crippen LogP contribution in [0.2, 0.25) is 0 Å². The molecule has 0 N–H and O–H groups in total. The average molecular weight is 384 g/mol. The summed E-state index contributed by atoms with van der Waals surface area (Å²) < 4.78 is 45.0. The highest BCUT2D eigenvalue weighted by Gasteiger charge is 2.39. The van der Waals surface area contributed by atoms with Crippen molar-refractivity contribution in [3.8, 4) is 0 Å². The second-order valence-corrected chi connectivity index (χ2v) is 7.47. The van der Waals surface area contributed by atoms with Crippen molar-refractivity contribution >= 4 is 5.91 Å². The van der Waals surface area contributed by atoms with Crippen LogP contribution in [-0.4, -0.2) is 55.0 Å². The van der Waals surface area contributed by atoms with Crippen LogP contribution in [0.25, 0.3) is 0 Å². The fourth-order valence-electron chi connectivity index (χ4n) is 4.04. The molecule has 3 rings (SSSR count). The first-order valence-corrected chi connectivity index (χ1v) is 9.60. The minimum absolute atomic E-state index is 0.0214. The van der Waals surface area contributed by atoms with Crippen molar-refractivity contribution in [2.75, 3.05) is 39.3 Å². The molecule has 1 aromatic carbocycles. The lowest BCUT2D eigenvalue weighted by Crippen LogP contribution is -2.46. The molecule has 0 bridgehead atoms. The van der Waals surface area contributed by atoms with E-state index in [2.05, 4.69) is 4.90 Å². The van der Waals surface area contributed by atoms with Gasteiger partial charge in [0.25, 0.3) is 0 Å². The molecule has 2 fully saturated rings. The Morgan fingerprint density at radius 3 is 2.19 bits per heavy atom. The summed E-state index contributed by atoms with van der Waals surface area (Å²) in [7, 11) is 0. The lowest BCUT2D eigenvalue weighted by Gasteiger charge is -2.42. The molecule has 0 spiro atoms. The van der Waals surface area contributed by atoms with E-state index >= 15 is 0 Å². The van der Waals surface area contributed by atoms with E-state index in [4.69, 9.17) is 4.74 Å². The highest BCUT2D eigenvalue weighted by Crippen LogP contribution is 2.38. The summed E-state index contributed by atoms with van der Waals surface area (Å²) in [6, 6.07) is 5.31. The molecule has 0 atom stereocenters. The number of hydrogen-bond donors (Lipinski definition) is 0. The van der Waals surface area contributed by atoms with Crippen molar-refractivity contribution in [3.63, 3.8) is 0 Å². The highest BCUT2D eigenvalue weighted by molar-refractivity contribution is 5.73. The van der Waals surface area contributed by atoms with E-state index < -0.39 is 17.3 Å². The molecule has 0 radical (unpaired) electrons. The van der Waals surface area contributed by atoms with Gasteiger partial charge in [-0.25, -0.2) is 0 Å². The van der Waals surface area contributed by atoms with Crippen LogP contribution in [-0.2, 0) is 21.3 Å². The largest absolute Gasteiger partial charge is 0.416 e. The van der Waals surface area contributed by atoms with E-state index in [9.17, 15) is 18.0 Å². The van der Waals surface area contributed by atoms with Gasteiger partial charge in [0.15, 0.2) is 0 Å². The van der Waals surface area contributed by atoms with E-state index in [0.717, 1.165) is 37.3 Å². The summed E-state index contributed by atoms with van der Waals surface area (Å²) in [5.74, 6) is 0.0214. The number of alkyl halides is 3. The molecule has 2 aliphatic rings. The maximum atomic E-state index is 12.9. The Morgan fingerprint density at radius 1 is 1.07 bits per heavy atom. The smallest absolute Gasteiger partial charge is 0.369 e. The third kappa shape index (κ3) is 4.82. The molecule has 0 saturated carbocycles. The average Bonchev–Trinajstić information content (AvgIpc) is 3.15. The molecular weight excluding hydrogens is 357 g/mol. The molecule has 0 unspecified atom stereocenters. The lowest BCUT2D eigenvalue weighted by molar-refractivity contribution is -0.139. The first kappa shape index (κ1) is 20.1. The van der Waals surface area contributed by atoms with Gasteiger partial charge in [-0.3, -0.25) is 4.79 Å². The second-order valence-electron chi connectivity index (χ2n) is 7.47. The van der Waals surface area contributed by atoms with E-state index in [1.165, 1.54) is 25.0 Å². The van der Waals surface area contributed by atoms with Crippen molar-refractivity contribution in [2.45, 2.75) is 44.4 Å². The standard InChI is InChI=1S/C20H27F3N2O2/c1-16(26)25-12-8-19(9-13-25,27-15-14-24-10-2-3-11-24)17-4-6-18(7-5-17)20(21,22)23/h4-7H,2-3,8-15H2,1H3. The lowest BCUT2D eigenvalue weighted by atomic mass is 9.83. The number of rotatable bonds is 5. The molecule has 2 heterocycles. The summed E-state index contributed by atoms with van der Waals surface area (Å²) in [5, 5.41) is 0. The number of ether oxygens (including phenoxy) is 1. The van der Waals surface area contributed by atoms with Crippen molar-refractivity contribution in [1.82, 2.24) is 9.80 Å². The predicted octanol–water partition coefficient (Wildman–Crippen LogP) is 3.66. The number of amides is 1. The molecule has 0 aromatic heterocycles. The SMILES string of the molecule is CC(=O)N1CCC(OCCN2CCCC2)(c2ccc(C(F)(F)F)cc2)CC1. The van der Waals surface area contributed by atoms with Crippen LogP contribution in [0, 0.1) is 0 Å². The van der Waals surface area contributed by atoms with Crippen molar-refractivity contribution in [1.29, 1.82) is 0 Å². The van der Waals surface area contributed by atoms with Crippen molar-refractivity contribution in [3.05, 3.63) is 35.4 Å². The molecule has 2 aliphatic heterocycles. The van der Waals surface area contributed by atoms with Crippen LogP contribution in [0.15, 0.2) is 24.3 Å². The second kappa shape index (κ2) is 8.19. The zero-order chi connectivity index (χ0) is 19.5. The number of likely N-dealkylation sites (tertiary alicyclic amines) is 2. The molecular formula is C20H27F3N2O2. The fraction of sp³-hybridized carbons (Fsp3) is 0.650. The summed E-state index contributed by atoms with van der Waals surface area (Å²) in [5.41, 5.74) is -0.518. The Morgan fingerprint density at radius 2 is 1.67 bits per heavy atom. The van der Waals surface area contributed by atoms with Crippen molar-refractivity contribution < 1.29 is 22.7 Å². The van der Waals surface area contributed by atoms with E-state index in [1.807, 2.05) is 0 Å². The fourth-order valence-corrected chi connectivity index (χ4v) is 4.04.